The number of methoxy groups -OCH3 is 3. The second kappa shape index (κ2) is 10.5. The number of amides is 1. The number of aliphatic hydroxyl groups excluding tert-OH is 1. The van der Waals surface area contributed by atoms with Gasteiger partial charge in [-0.25, -0.2) is 0 Å². The van der Waals surface area contributed by atoms with Gasteiger partial charge >= 0.3 is 5.91 Å². The van der Waals surface area contributed by atoms with E-state index in [1.165, 1.54) is 26.2 Å². The van der Waals surface area contributed by atoms with Crippen LogP contribution in [0.25, 0.3) is 5.76 Å². The van der Waals surface area contributed by atoms with Gasteiger partial charge in [-0.15, -0.1) is 10.2 Å². The topological polar surface area (TPSA) is 120 Å². The molecule has 3 aromatic rings. The first-order chi connectivity index (χ1) is 17.7. The minimum atomic E-state index is -1.03. The number of aryl methyl sites for hydroxylation is 1. The van der Waals surface area contributed by atoms with Gasteiger partial charge in [0.25, 0.3) is 5.78 Å². The van der Waals surface area contributed by atoms with E-state index in [-0.39, 0.29) is 22.6 Å². The third-order valence-corrected chi connectivity index (χ3v) is 6.51. The Bertz CT molecular complexity index is 1340. The van der Waals surface area contributed by atoms with Crippen LogP contribution in [0.3, 0.4) is 0 Å². The average molecular weight is 526 g/mol. The highest BCUT2D eigenvalue weighted by molar-refractivity contribution is 7.15. The molecule has 2 heterocycles. The zero-order valence-electron chi connectivity index (χ0n) is 21.3. The molecule has 0 bridgehead atoms. The molecule has 4 rings (SSSR count). The molecule has 1 aliphatic rings. The fraction of sp³-hybridized carbons (Fsp3) is 0.308. The standard InChI is InChI=1S/C26H27N3O7S/c1-13(2)36-17-9-7-15(8-10-17)22(30)20-21(16-11-18(33-4)24(35-6)19(12-16)34-5)29(25(32)23(20)31)26-28-27-14(3)37-26/h7-13,21,30H,1-6H3/b22-20-. The SMILES string of the molecule is COc1cc(C2/C(=C(/O)c3ccc(OC(C)C)cc3)C(=O)C(=O)N2c2nnc(C)s2)cc(OC)c1OC. The van der Waals surface area contributed by atoms with Crippen LogP contribution in [0.2, 0.25) is 0 Å². The zero-order valence-corrected chi connectivity index (χ0v) is 22.1. The lowest BCUT2D eigenvalue weighted by Crippen LogP contribution is -2.29. The first kappa shape index (κ1) is 26.0. The Labute approximate surface area is 218 Å². The summed E-state index contributed by atoms with van der Waals surface area (Å²) in [6.45, 7) is 5.55. The molecular weight excluding hydrogens is 498 g/mol. The molecule has 2 aromatic carbocycles. The minimum Gasteiger partial charge on any atom is -0.507 e. The number of benzene rings is 2. The van der Waals surface area contributed by atoms with Crippen molar-refractivity contribution >= 4 is 33.9 Å². The highest BCUT2D eigenvalue weighted by Gasteiger charge is 2.48. The minimum absolute atomic E-state index is 0.0276. The van der Waals surface area contributed by atoms with Crippen molar-refractivity contribution < 1.29 is 33.6 Å². The molecule has 1 amide bonds. The molecule has 11 heteroatoms. The van der Waals surface area contributed by atoms with Crippen LogP contribution < -0.4 is 23.8 Å². The van der Waals surface area contributed by atoms with Crippen LogP contribution in [0.15, 0.2) is 42.0 Å². The van der Waals surface area contributed by atoms with Gasteiger partial charge in [-0.1, -0.05) is 11.3 Å². The van der Waals surface area contributed by atoms with Gasteiger partial charge < -0.3 is 24.1 Å². The number of rotatable bonds is 8. The van der Waals surface area contributed by atoms with Crippen molar-refractivity contribution in [3.05, 3.63) is 58.1 Å². The molecule has 10 nitrogen and oxygen atoms in total. The Hall–Kier alpha value is -4.12. The number of carbonyl (C=O) groups is 2. The molecule has 0 spiro atoms. The fourth-order valence-corrected chi connectivity index (χ4v) is 4.82. The van der Waals surface area contributed by atoms with E-state index >= 15 is 0 Å². The number of ketones is 1. The summed E-state index contributed by atoms with van der Waals surface area (Å²) in [5.74, 6) is -0.424. The van der Waals surface area contributed by atoms with E-state index in [9.17, 15) is 14.7 Å². The molecule has 1 fully saturated rings. The van der Waals surface area contributed by atoms with Crippen molar-refractivity contribution in [3.63, 3.8) is 0 Å². The van der Waals surface area contributed by atoms with E-state index < -0.39 is 17.7 Å². The third-order valence-electron chi connectivity index (χ3n) is 5.67. The Morgan fingerprint density at radius 3 is 2.11 bits per heavy atom. The quantitative estimate of drug-likeness (QED) is 0.261. The van der Waals surface area contributed by atoms with Gasteiger partial charge in [0.05, 0.1) is 39.0 Å². The monoisotopic (exact) mass is 525 g/mol. The van der Waals surface area contributed by atoms with Crippen molar-refractivity contribution in [1.29, 1.82) is 0 Å². The first-order valence-corrected chi connectivity index (χ1v) is 12.2. The molecular formula is C26H27N3O7S. The van der Waals surface area contributed by atoms with Gasteiger partial charge in [0, 0.05) is 5.56 Å². The summed E-state index contributed by atoms with van der Waals surface area (Å²) in [6, 6.07) is 8.86. The van der Waals surface area contributed by atoms with Gasteiger partial charge in [-0.2, -0.15) is 0 Å². The van der Waals surface area contributed by atoms with Crippen LogP contribution in [0.4, 0.5) is 5.13 Å². The molecule has 1 N–H and O–H groups in total. The maximum Gasteiger partial charge on any atom is 0.301 e. The van der Waals surface area contributed by atoms with E-state index in [1.54, 1.807) is 43.3 Å². The number of ether oxygens (including phenoxy) is 4. The van der Waals surface area contributed by atoms with Crippen LogP contribution in [0.5, 0.6) is 23.0 Å². The van der Waals surface area contributed by atoms with Gasteiger partial charge in [-0.05, 0) is 62.7 Å². The van der Waals surface area contributed by atoms with Crippen molar-refractivity contribution in [1.82, 2.24) is 10.2 Å². The van der Waals surface area contributed by atoms with Crippen molar-refractivity contribution in [2.24, 2.45) is 0 Å². The Morgan fingerprint density at radius 1 is 1.00 bits per heavy atom. The number of aliphatic hydroxyl groups is 1. The Morgan fingerprint density at radius 2 is 1.62 bits per heavy atom. The molecule has 37 heavy (non-hydrogen) atoms. The van der Waals surface area contributed by atoms with Crippen LogP contribution in [-0.4, -0.2) is 54.4 Å². The summed E-state index contributed by atoms with van der Waals surface area (Å²) >= 11 is 1.16. The van der Waals surface area contributed by atoms with E-state index in [0.717, 1.165) is 11.3 Å². The number of Topliss-reactive ketones (excluding diaryl/α,β-unsaturated/α-hetero) is 1. The zero-order chi connectivity index (χ0) is 26.9. The summed E-state index contributed by atoms with van der Waals surface area (Å²) in [6.07, 6.45) is -0.0276. The lowest BCUT2D eigenvalue weighted by Gasteiger charge is -2.24. The largest absolute Gasteiger partial charge is 0.507 e. The maximum atomic E-state index is 13.4. The van der Waals surface area contributed by atoms with Gasteiger partial charge in [0.2, 0.25) is 10.9 Å². The summed E-state index contributed by atoms with van der Waals surface area (Å²) in [7, 11) is 4.41. The second-order valence-electron chi connectivity index (χ2n) is 8.42. The molecule has 0 radical (unpaired) electrons. The number of hydrogen-bond acceptors (Lipinski definition) is 10. The number of aromatic nitrogens is 2. The molecule has 1 saturated heterocycles. The van der Waals surface area contributed by atoms with Crippen molar-refractivity contribution in [2.45, 2.75) is 32.9 Å². The first-order valence-electron chi connectivity index (χ1n) is 11.4. The van der Waals surface area contributed by atoms with E-state index in [4.69, 9.17) is 18.9 Å². The predicted octanol–water partition coefficient (Wildman–Crippen LogP) is 4.29. The van der Waals surface area contributed by atoms with Gasteiger partial charge in [0.15, 0.2) is 11.5 Å². The summed E-state index contributed by atoms with van der Waals surface area (Å²) < 4.78 is 22.1. The van der Waals surface area contributed by atoms with Crippen LogP contribution in [0, 0.1) is 6.92 Å². The van der Waals surface area contributed by atoms with Gasteiger partial charge in [-0.3, -0.25) is 14.5 Å². The third kappa shape index (κ3) is 4.82. The predicted molar refractivity (Wildman–Crippen MR) is 138 cm³/mol. The average Bonchev–Trinajstić information content (AvgIpc) is 3.42. The molecule has 1 atom stereocenters. The molecule has 194 valence electrons. The molecule has 1 aromatic heterocycles. The van der Waals surface area contributed by atoms with Gasteiger partial charge in [0.1, 0.15) is 16.5 Å². The smallest absolute Gasteiger partial charge is 0.301 e. The van der Waals surface area contributed by atoms with E-state index in [0.29, 0.717) is 39.1 Å². The number of anilines is 1. The number of carbonyl (C=O) groups excluding carboxylic acids is 2. The number of nitrogens with zero attached hydrogens (tertiary/aromatic N) is 3. The van der Waals surface area contributed by atoms with Crippen LogP contribution in [0.1, 0.15) is 36.0 Å². The van der Waals surface area contributed by atoms with Crippen LogP contribution >= 0.6 is 11.3 Å². The maximum absolute atomic E-state index is 13.4. The Balaban J connectivity index is 1.94. The Kier molecular flexibility index (Phi) is 7.35. The highest BCUT2D eigenvalue weighted by Crippen LogP contribution is 2.47. The van der Waals surface area contributed by atoms with Crippen LogP contribution in [-0.2, 0) is 9.59 Å². The summed E-state index contributed by atoms with van der Waals surface area (Å²) in [5.41, 5.74) is 0.688. The second-order valence-corrected chi connectivity index (χ2v) is 9.58. The van der Waals surface area contributed by atoms with E-state index in [2.05, 4.69) is 10.2 Å². The molecule has 0 saturated carbocycles. The lowest BCUT2D eigenvalue weighted by atomic mass is 9.94. The highest BCUT2D eigenvalue weighted by atomic mass is 32.1. The summed E-state index contributed by atoms with van der Waals surface area (Å²) in [4.78, 5) is 27.9. The molecule has 1 aliphatic heterocycles. The molecule has 0 aliphatic carbocycles. The number of hydrogen-bond donors (Lipinski definition) is 1. The normalized spacial score (nSPS) is 16.8. The van der Waals surface area contributed by atoms with Crippen molar-refractivity contribution in [3.8, 4) is 23.0 Å². The molecule has 1 unspecified atom stereocenters. The van der Waals surface area contributed by atoms with Crippen molar-refractivity contribution in [2.75, 3.05) is 26.2 Å². The fourth-order valence-electron chi connectivity index (χ4n) is 4.11. The summed E-state index contributed by atoms with van der Waals surface area (Å²) in [5, 5.41) is 20.3. The van der Waals surface area contributed by atoms with E-state index in [1.807, 2.05) is 13.8 Å². The lowest BCUT2D eigenvalue weighted by molar-refractivity contribution is -0.132.